The van der Waals surface area contributed by atoms with Crippen LogP contribution in [-0.4, -0.2) is 66.8 Å². The lowest BCUT2D eigenvalue weighted by Gasteiger charge is -2.46. The van der Waals surface area contributed by atoms with E-state index < -0.39 is 30.2 Å². The van der Waals surface area contributed by atoms with Crippen LogP contribution in [-0.2, 0) is 20.7 Å². The van der Waals surface area contributed by atoms with Gasteiger partial charge in [-0.1, -0.05) is 12.1 Å². The quantitative estimate of drug-likeness (QED) is 0.559. The molecular formula is C25H31NO8. The molecule has 4 rings (SSSR count). The number of ether oxygens (including phenoxy) is 5. The fraction of sp³-hybridized carbons (Fsp3) is 0.480. The molecule has 0 spiro atoms. The minimum absolute atomic E-state index is 0.0939. The Bertz CT molecular complexity index is 1040. The lowest BCUT2D eigenvalue weighted by molar-refractivity contribution is -0.305. The second kappa shape index (κ2) is 9.79. The molecular weight excluding hydrogens is 442 g/mol. The van der Waals surface area contributed by atoms with Gasteiger partial charge in [0.1, 0.15) is 24.1 Å². The number of benzene rings is 2. The third-order valence-electron chi connectivity index (χ3n) is 6.08. The van der Waals surface area contributed by atoms with E-state index in [-0.39, 0.29) is 12.7 Å². The second-order valence-electron chi connectivity index (χ2n) is 8.96. The van der Waals surface area contributed by atoms with Gasteiger partial charge in [0.2, 0.25) is 19.0 Å². The Labute approximate surface area is 198 Å². The fourth-order valence-electron chi connectivity index (χ4n) is 4.39. The Kier molecular flexibility index (Phi) is 6.99. The van der Waals surface area contributed by atoms with E-state index in [0.29, 0.717) is 30.2 Å². The molecule has 2 aliphatic heterocycles. The van der Waals surface area contributed by atoms with Crippen molar-refractivity contribution in [3.05, 3.63) is 42.0 Å². The second-order valence-corrected chi connectivity index (χ2v) is 8.96. The van der Waals surface area contributed by atoms with E-state index in [2.05, 4.69) is 5.32 Å². The molecule has 1 saturated heterocycles. The molecule has 2 aromatic rings. The van der Waals surface area contributed by atoms with Gasteiger partial charge in [-0.3, -0.25) is 4.79 Å². The maximum Gasteiger partial charge on any atom is 0.231 e. The number of hydrogen-bond donors (Lipinski definition) is 3. The van der Waals surface area contributed by atoms with Gasteiger partial charge in [-0.05, 0) is 61.2 Å². The van der Waals surface area contributed by atoms with Crippen molar-refractivity contribution >= 4 is 5.91 Å². The first-order chi connectivity index (χ1) is 16.2. The number of nitrogens with one attached hydrogen (secondary N) is 1. The summed E-state index contributed by atoms with van der Waals surface area (Å²) < 4.78 is 28.2. The fourth-order valence-corrected chi connectivity index (χ4v) is 4.39. The average molecular weight is 474 g/mol. The molecule has 1 unspecified atom stereocenters. The van der Waals surface area contributed by atoms with Crippen molar-refractivity contribution in [3.63, 3.8) is 0 Å². The predicted molar refractivity (Wildman–Crippen MR) is 123 cm³/mol. The zero-order valence-corrected chi connectivity index (χ0v) is 19.7. The van der Waals surface area contributed by atoms with E-state index in [1.54, 1.807) is 19.9 Å². The van der Waals surface area contributed by atoms with Crippen LogP contribution in [0.2, 0.25) is 0 Å². The van der Waals surface area contributed by atoms with E-state index in [1.807, 2.05) is 30.3 Å². The Balaban J connectivity index is 1.62. The first kappa shape index (κ1) is 24.3. The van der Waals surface area contributed by atoms with Crippen LogP contribution in [0.5, 0.6) is 17.2 Å². The van der Waals surface area contributed by atoms with Gasteiger partial charge in [-0.2, -0.15) is 0 Å². The predicted octanol–water partition coefficient (Wildman–Crippen LogP) is 2.01. The maximum absolute atomic E-state index is 11.3. The smallest absolute Gasteiger partial charge is 0.231 e. The zero-order chi connectivity index (χ0) is 24.5. The van der Waals surface area contributed by atoms with Gasteiger partial charge in [0.05, 0.1) is 5.60 Å². The van der Waals surface area contributed by atoms with Crippen LogP contribution >= 0.6 is 0 Å². The van der Waals surface area contributed by atoms with Crippen LogP contribution in [0.3, 0.4) is 0 Å². The van der Waals surface area contributed by atoms with Crippen LogP contribution in [0.1, 0.15) is 26.3 Å². The summed E-state index contributed by atoms with van der Waals surface area (Å²) in [6.07, 6.45) is -3.67. The lowest BCUT2D eigenvalue weighted by Crippen LogP contribution is -2.63. The number of aliphatic hydroxyl groups excluding tert-OH is 2. The van der Waals surface area contributed by atoms with Crippen LogP contribution in [0, 0.1) is 0 Å². The maximum atomic E-state index is 11.3. The van der Waals surface area contributed by atoms with Gasteiger partial charge in [-0.25, -0.2) is 0 Å². The third-order valence-corrected chi connectivity index (χ3v) is 6.08. The van der Waals surface area contributed by atoms with E-state index in [9.17, 15) is 15.0 Å². The monoisotopic (exact) mass is 473 g/mol. The number of rotatable bonds is 7. The van der Waals surface area contributed by atoms with Crippen LogP contribution in [0.4, 0.5) is 0 Å². The van der Waals surface area contributed by atoms with Gasteiger partial charge in [0, 0.05) is 20.6 Å². The minimum atomic E-state index is -1.30. The van der Waals surface area contributed by atoms with Crippen molar-refractivity contribution in [1.82, 2.24) is 5.32 Å². The molecule has 9 heteroatoms. The number of methoxy groups -OCH3 is 1. The largest absolute Gasteiger partial charge is 0.462 e. The normalized spacial score (nSPS) is 25.1. The number of carbonyl (C=O) groups excluding carboxylic acids is 1. The highest BCUT2D eigenvalue weighted by molar-refractivity contribution is 5.74. The Hall–Kier alpha value is -2.85. The standard InChI is InChI=1S/C25H31NO8/c1-14(27)26-10-9-15-5-7-17(12-18(15)16-6-8-19-20(11-16)32-13-31-19)33-24-22(29)21(28)23(30-4)25(2,3)34-24/h5-8,11-12,21-24,28-29H,9-10,13H2,1-4H3,(H,26,27)/t21-,22+,23+,24?/m0/s1. The molecule has 2 aliphatic rings. The van der Waals surface area contributed by atoms with Crippen molar-refractivity contribution in [2.75, 3.05) is 20.4 Å². The van der Waals surface area contributed by atoms with Crippen molar-refractivity contribution in [3.8, 4) is 28.4 Å². The first-order valence-corrected chi connectivity index (χ1v) is 11.2. The molecule has 0 radical (unpaired) electrons. The third kappa shape index (κ3) is 4.97. The van der Waals surface area contributed by atoms with Crippen LogP contribution in [0.25, 0.3) is 11.1 Å². The van der Waals surface area contributed by atoms with Gasteiger partial charge in [0.15, 0.2) is 11.5 Å². The van der Waals surface area contributed by atoms with Crippen molar-refractivity contribution < 1.29 is 38.7 Å². The van der Waals surface area contributed by atoms with Crippen molar-refractivity contribution in [1.29, 1.82) is 0 Å². The molecule has 184 valence electrons. The molecule has 34 heavy (non-hydrogen) atoms. The van der Waals surface area contributed by atoms with Crippen LogP contribution in [0.15, 0.2) is 36.4 Å². The van der Waals surface area contributed by atoms with E-state index >= 15 is 0 Å². The highest BCUT2D eigenvalue weighted by Gasteiger charge is 2.50. The van der Waals surface area contributed by atoms with Crippen molar-refractivity contribution in [2.45, 2.75) is 57.4 Å². The van der Waals surface area contributed by atoms with Gasteiger partial charge < -0.3 is 39.2 Å². The number of fused-ring (bicyclic) bond motifs is 1. The summed E-state index contributed by atoms with van der Waals surface area (Å²) in [5.74, 6) is 1.69. The Morgan fingerprint density at radius 2 is 1.88 bits per heavy atom. The molecule has 3 N–H and O–H groups in total. The van der Waals surface area contributed by atoms with Crippen LogP contribution < -0.4 is 19.5 Å². The van der Waals surface area contributed by atoms with Gasteiger partial charge in [-0.15, -0.1) is 0 Å². The number of carbonyl (C=O) groups is 1. The van der Waals surface area contributed by atoms with E-state index in [4.69, 9.17) is 23.7 Å². The highest BCUT2D eigenvalue weighted by atomic mass is 16.7. The summed E-state index contributed by atoms with van der Waals surface area (Å²) in [5.41, 5.74) is 1.87. The molecule has 2 heterocycles. The molecule has 9 nitrogen and oxygen atoms in total. The minimum Gasteiger partial charge on any atom is -0.462 e. The Morgan fingerprint density at radius 1 is 1.12 bits per heavy atom. The summed E-state index contributed by atoms with van der Waals surface area (Å²) in [5, 5.41) is 23.9. The molecule has 1 fully saturated rings. The highest BCUT2D eigenvalue weighted by Crippen LogP contribution is 2.39. The molecule has 2 aromatic carbocycles. The van der Waals surface area contributed by atoms with Gasteiger partial charge >= 0.3 is 0 Å². The number of hydrogen-bond acceptors (Lipinski definition) is 8. The molecule has 1 amide bonds. The number of amides is 1. The molecule has 4 atom stereocenters. The summed E-state index contributed by atoms with van der Waals surface area (Å²) in [6.45, 7) is 5.69. The average Bonchev–Trinajstić information content (AvgIpc) is 3.26. The topological polar surface area (TPSA) is 116 Å². The summed E-state index contributed by atoms with van der Waals surface area (Å²) in [6, 6.07) is 11.2. The molecule has 0 aromatic heterocycles. The Morgan fingerprint density at radius 3 is 2.62 bits per heavy atom. The SMILES string of the molecule is CO[C@@H]1[C@@H](O)[C@@H](O)C(Oc2ccc(CCNC(C)=O)c(-c3ccc4c(c3)OCO4)c2)OC1(C)C. The zero-order valence-electron chi connectivity index (χ0n) is 19.7. The molecule has 0 aliphatic carbocycles. The molecule has 0 saturated carbocycles. The first-order valence-electron chi connectivity index (χ1n) is 11.2. The summed E-state index contributed by atoms with van der Waals surface area (Å²) >= 11 is 0. The van der Waals surface area contributed by atoms with Crippen molar-refractivity contribution in [2.24, 2.45) is 0 Å². The van der Waals surface area contributed by atoms with E-state index in [0.717, 1.165) is 16.7 Å². The van der Waals surface area contributed by atoms with E-state index in [1.165, 1.54) is 14.0 Å². The summed E-state index contributed by atoms with van der Waals surface area (Å²) in [4.78, 5) is 11.3. The number of aliphatic hydroxyl groups is 2. The summed E-state index contributed by atoms with van der Waals surface area (Å²) in [7, 11) is 1.46. The lowest BCUT2D eigenvalue weighted by atomic mass is 9.89. The van der Waals surface area contributed by atoms with Gasteiger partial charge in [0.25, 0.3) is 0 Å². The molecule has 0 bridgehead atoms.